The number of imidazole rings is 1. The molecule has 6 rings (SSSR count). The number of pyridine rings is 1. The van der Waals surface area contributed by atoms with E-state index < -0.39 is 42.6 Å². The van der Waals surface area contributed by atoms with Crippen LogP contribution in [-0.4, -0.2) is 58.8 Å². The standard InChI is InChI=1S/C28H21F5N8O2/c29-18-3-1-16(2-4-18)26-25(20-14-39(11-12-40(20)38-26)24(42)7-9-28(31,32)33)19-5-6-23-35-22(15-41(23)37-19)36-27(43)17-8-10-34-21(30)13-17/h1-6,8,10,13,15H,7,9,11-12,14H2,(H,36,43). The van der Waals surface area contributed by atoms with Crippen molar-refractivity contribution < 1.29 is 31.5 Å². The number of amides is 2. The smallest absolute Gasteiger partial charge is 0.335 e. The molecule has 15 heteroatoms. The first kappa shape index (κ1) is 27.9. The Labute approximate surface area is 239 Å². The Kier molecular flexibility index (Phi) is 7.07. The molecular weight excluding hydrogens is 575 g/mol. The van der Waals surface area contributed by atoms with Crippen molar-refractivity contribution >= 4 is 23.3 Å². The van der Waals surface area contributed by atoms with Gasteiger partial charge in [0.1, 0.15) is 11.5 Å². The number of benzene rings is 1. The Hall–Kier alpha value is -5.21. The minimum absolute atomic E-state index is 0.00629. The number of anilines is 1. The molecule has 1 aliphatic heterocycles. The molecule has 5 heterocycles. The monoisotopic (exact) mass is 596 g/mol. The maximum Gasteiger partial charge on any atom is 0.389 e. The molecule has 0 saturated heterocycles. The van der Waals surface area contributed by atoms with Crippen LogP contribution in [-0.2, 0) is 17.9 Å². The number of aromatic nitrogens is 6. The van der Waals surface area contributed by atoms with Crippen molar-refractivity contribution in [1.29, 1.82) is 0 Å². The summed E-state index contributed by atoms with van der Waals surface area (Å²) in [4.78, 5) is 34.3. The van der Waals surface area contributed by atoms with Gasteiger partial charge < -0.3 is 10.2 Å². The van der Waals surface area contributed by atoms with Gasteiger partial charge in [0.25, 0.3) is 5.91 Å². The van der Waals surface area contributed by atoms with E-state index in [9.17, 15) is 31.5 Å². The average Bonchev–Trinajstić information content (AvgIpc) is 3.55. The third kappa shape index (κ3) is 5.91. The van der Waals surface area contributed by atoms with Crippen molar-refractivity contribution in [3.63, 3.8) is 0 Å². The van der Waals surface area contributed by atoms with Gasteiger partial charge in [0.2, 0.25) is 11.9 Å². The molecule has 0 saturated carbocycles. The number of alkyl halides is 3. The second-order valence-corrected chi connectivity index (χ2v) is 9.80. The number of fused-ring (bicyclic) bond motifs is 2. The first-order valence-electron chi connectivity index (χ1n) is 13.0. The molecule has 0 atom stereocenters. The Bertz CT molecular complexity index is 1850. The van der Waals surface area contributed by atoms with Gasteiger partial charge in [-0.15, -0.1) is 0 Å². The highest BCUT2D eigenvalue weighted by atomic mass is 19.4. The van der Waals surface area contributed by atoms with E-state index in [2.05, 4.69) is 25.5 Å². The van der Waals surface area contributed by atoms with Crippen LogP contribution in [0.4, 0.5) is 27.8 Å². The predicted molar refractivity (Wildman–Crippen MR) is 142 cm³/mol. The van der Waals surface area contributed by atoms with E-state index in [1.807, 2.05) is 0 Å². The van der Waals surface area contributed by atoms with Crippen LogP contribution in [0.15, 0.2) is 60.9 Å². The molecule has 0 spiro atoms. The van der Waals surface area contributed by atoms with Gasteiger partial charge in [-0.1, -0.05) is 0 Å². The van der Waals surface area contributed by atoms with Crippen LogP contribution in [0, 0.1) is 11.8 Å². The summed E-state index contributed by atoms with van der Waals surface area (Å²) in [6, 6.07) is 11.3. The number of rotatable bonds is 6. The van der Waals surface area contributed by atoms with Crippen molar-refractivity contribution in [1.82, 2.24) is 34.3 Å². The molecule has 0 unspecified atom stereocenters. The summed E-state index contributed by atoms with van der Waals surface area (Å²) in [5, 5.41) is 11.9. The number of nitrogens with zero attached hydrogens (tertiary/aromatic N) is 7. The zero-order chi connectivity index (χ0) is 30.3. The number of halogens is 5. The lowest BCUT2D eigenvalue weighted by atomic mass is 10.0. The third-order valence-electron chi connectivity index (χ3n) is 6.88. The second kappa shape index (κ2) is 10.9. The van der Waals surface area contributed by atoms with Gasteiger partial charge in [0, 0.05) is 36.4 Å². The van der Waals surface area contributed by atoms with E-state index in [0.29, 0.717) is 33.9 Å². The molecule has 2 amide bonds. The van der Waals surface area contributed by atoms with Crippen LogP contribution in [0.2, 0.25) is 0 Å². The fourth-order valence-electron chi connectivity index (χ4n) is 4.82. The van der Waals surface area contributed by atoms with Crippen LogP contribution in [0.1, 0.15) is 28.9 Å². The van der Waals surface area contributed by atoms with Crippen molar-refractivity contribution in [2.45, 2.75) is 32.1 Å². The van der Waals surface area contributed by atoms with E-state index in [1.54, 1.807) is 28.9 Å². The summed E-state index contributed by atoms with van der Waals surface area (Å²) in [5.41, 5.74) is 2.87. The Morgan fingerprint density at radius 1 is 0.977 bits per heavy atom. The Morgan fingerprint density at radius 2 is 1.77 bits per heavy atom. The second-order valence-electron chi connectivity index (χ2n) is 9.80. The summed E-state index contributed by atoms with van der Waals surface area (Å²) in [7, 11) is 0. The Morgan fingerprint density at radius 3 is 2.51 bits per heavy atom. The summed E-state index contributed by atoms with van der Waals surface area (Å²) in [6.07, 6.45) is -3.72. The van der Waals surface area contributed by atoms with Crippen LogP contribution in [0.3, 0.4) is 0 Å². The maximum absolute atomic E-state index is 13.7. The van der Waals surface area contributed by atoms with Crippen LogP contribution < -0.4 is 5.32 Å². The normalized spacial score (nSPS) is 13.3. The van der Waals surface area contributed by atoms with E-state index in [0.717, 1.165) is 12.3 Å². The number of carbonyl (C=O) groups is 2. The molecule has 0 aliphatic carbocycles. The molecule has 0 radical (unpaired) electrons. The summed E-state index contributed by atoms with van der Waals surface area (Å²) < 4.78 is 68.5. The molecule has 0 fully saturated rings. The molecule has 43 heavy (non-hydrogen) atoms. The van der Waals surface area contributed by atoms with Gasteiger partial charge >= 0.3 is 6.18 Å². The van der Waals surface area contributed by atoms with Crippen LogP contribution in [0.25, 0.3) is 28.2 Å². The molecule has 0 bridgehead atoms. The molecule has 1 N–H and O–H groups in total. The zero-order valence-corrected chi connectivity index (χ0v) is 22.1. The summed E-state index contributed by atoms with van der Waals surface area (Å²) >= 11 is 0. The summed E-state index contributed by atoms with van der Waals surface area (Å²) in [5.74, 6) is -2.35. The topological polar surface area (TPSA) is 110 Å². The van der Waals surface area contributed by atoms with Gasteiger partial charge in [-0.05, 0) is 42.5 Å². The van der Waals surface area contributed by atoms with Crippen molar-refractivity contribution in [2.75, 3.05) is 11.9 Å². The van der Waals surface area contributed by atoms with Gasteiger partial charge in [-0.2, -0.15) is 27.8 Å². The van der Waals surface area contributed by atoms with Gasteiger partial charge in [0.15, 0.2) is 11.5 Å². The number of hydrogen-bond donors (Lipinski definition) is 1. The lowest BCUT2D eigenvalue weighted by Crippen LogP contribution is -2.39. The molecule has 1 aliphatic rings. The number of hydrogen-bond acceptors (Lipinski definition) is 6. The molecule has 5 aromatic rings. The lowest BCUT2D eigenvalue weighted by Gasteiger charge is -2.28. The zero-order valence-electron chi connectivity index (χ0n) is 22.1. The molecule has 4 aromatic heterocycles. The van der Waals surface area contributed by atoms with Crippen LogP contribution in [0.5, 0.6) is 0 Å². The first-order valence-corrected chi connectivity index (χ1v) is 13.0. The number of carbonyl (C=O) groups excluding carboxylic acids is 2. The third-order valence-corrected chi connectivity index (χ3v) is 6.88. The van der Waals surface area contributed by atoms with Crippen molar-refractivity contribution in [3.8, 4) is 22.5 Å². The van der Waals surface area contributed by atoms with Crippen molar-refractivity contribution in [2.24, 2.45) is 0 Å². The van der Waals surface area contributed by atoms with E-state index >= 15 is 0 Å². The van der Waals surface area contributed by atoms with Crippen LogP contribution >= 0.6 is 0 Å². The highest BCUT2D eigenvalue weighted by Crippen LogP contribution is 2.36. The summed E-state index contributed by atoms with van der Waals surface area (Å²) in [6.45, 7) is 0.403. The fourth-order valence-corrected chi connectivity index (χ4v) is 4.82. The highest BCUT2D eigenvalue weighted by molar-refractivity contribution is 6.03. The van der Waals surface area contributed by atoms with Gasteiger partial charge in [-0.3, -0.25) is 14.3 Å². The van der Waals surface area contributed by atoms with Gasteiger partial charge in [0.05, 0.1) is 42.7 Å². The van der Waals surface area contributed by atoms with E-state index in [1.165, 1.54) is 33.8 Å². The molecular formula is C28H21F5N8O2. The first-order chi connectivity index (χ1) is 20.5. The highest BCUT2D eigenvalue weighted by Gasteiger charge is 2.32. The average molecular weight is 597 g/mol. The van der Waals surface area contributed by atoms with E-state index in [4.69, 9.17) is 0 Å². The Balaban J connectivity index is 1.36. The van der Waals surface area contributed by atoms with Gasteiger partial charge in [-0.25, -0.2) is 18.9 Å². The minimum Gasteiger partial charge on any atom is -0.335 e. The fraction of sp³-hybridized carbons (Fsp3) is 0.214. The lowest BCUT2D eigenvalue weighted by molar-refractivity contribution is -0.149. The van der Waals surface area contributed by atoms with E-state index in [-0.39, 0.29) is 31.0 Å². The number of nitrogens with one attached hydrogen (secondary N) is 1. The minimum atomic E-state index is -4.45. The molecule has 10 nitrogen and oxygen atoms in total. The predicted octanol–water partition coefficient (Wildman–Crippen LogP) is 4.87. The molecule has 220 valence electrons. The largest absolute Gasteiger partial charge is 0.389 e. The molecule has 1 aromatic carbocycles. The SMILES string of the molecule is O=C(Nc1cn2nc(-c3c(-c4ccc(F)cc4)nn4c3CN(C(=O)CCC(F)(F)F)CC4)ccc2n1)c1ccnc(F)c1. The van der Waals surface area contributed by atoms with Crippen molar-refractivity contribution in [3.05, 3.63) is 83.9 Å². The quantitative estimate of drug-likeness (QED) is 0.221. The maximum atomic E-state index is 13.7.